The highest BCUT2D eigenvalue weighted by molar-refractivity contribution is 7.98. The molecule has 0 heterocycles. The lowest BCUT2D eigenvalue weighted by Crippen LogP contribution is -2.28. The number of thioether (sulfide) groups is 1. The van der Waals surface area contributed by atoms with Crippen molar-refractivity contribution in [1.82, 2.24) is 5.32 Å². The molecule has 0 saturated carbocycles. The molecule has 0 aromatic heterocycles. The third-order valence-electron chi connectivity index (χ3n) is 3.03. The van der Waals surface area contributed by atoms with E-state index in [-0.39, 0.29) is 0 Å². The summed E-state index contributed by atoms with van der Waals surface area (Å²) in [5, 5.41) is 3.60. The van der Waals surface area contributed by atoms with Gasteiger partial charge in [0.1, 0.15) is 0 Å². The molecule has 1 aromatic rings. The van der Waals surface area contributed by atoms with Crippen LogP contribution in [0, 0.1) is 5.92 Å². The Morgan fingerprint density at radius 2 is 1.78 bits per heavy atom. The second-order valence-electron chi connectivity index (χ2n) is 5.36. The van der Waals surface area contributed by atoms with Gasteiger partial charge in [-0.2, -0.15) is 11.8 Å². The number of benzene rings is 1. The van der Waals surface area contributed by atoms with Gasteiger partial charge in [0.25, 0.3) is 0 Å². The van der Waals surface area contributed by atoms with Gasteiger partial charge >= 0.3 is 0 Å². The van der Waals surface area contributed by atoms with Gasteiger partial charge in [0.2, 0.25) is 0 Å². The van der Waals surface area contributed by atoms with Crippen molar-refractivity contribution in [3.8, 4) is 0 Å². The molecule has 0 saturated heterocycles. The minimum absolute atomic E-state index is 0.657. The maximum atomic E-state index is 3.60. The van der Waals surface area contributed by atoms with E-state index < -0.39 is 0 Å². The van der Waals surface area contributed by atoms with Gasteiger partial charge in [0.05, 0.1) is 0 Å². The molecule has 1 aromatic carbocycles. The van der Waals surface area contributed by atoms with Gasteiger partial charge in [-0.25, -0.2) is 0 Å². The maximum Gasteiger partial charge on any atom is 0.0185 e. The number of nitrogens with one attached hydrogen (secondary N) is 1. The van der Waals surface area contributed by atoms with Gasteiger partial charge in [-0.1, -0.05) is 44.2 Å². The van der Waals surface area contributed by atoms with Crippen LogP contribution in [-0.2, 0) is 5.75 Å². The van der Waals surface area contributed by atoms with E-state index in [1.165, 1.54) is 24.2 Å². The molecule has 102 valence electrons. The Balaban J connectivity index is 1.98. The Hall–Kier alpha value is -0.470. The summed E-state index contributed by atoms with van der Waals surface area (Å²) in [6, 6.07) is 11.4. The zero-order chi connectivity index (χ0) is 13.2. The zero-order valence-electron chi connectivity index (χ0n) is 12.0. The lowest BCUT2D eigenvalue weighted by atomic mass is 10.0. The molecule has 0 amide bonds. The van der Waals surface area contributed by atoms with Gasteiger partial charge in [-0.05, 0) is 31.2 Å². The van der Waals surface area contributed by atoms with Crippen LogP contribution in [0.2, 0.25) is 0 Å². The molecular formula is C16H27NS. The van der Waals surface area contributed by atoms with Crippen molar-refractivity contribution in [3.63, 3.8) is 0 Å². The van der Waals surface area contributed by atoms with Crippen molar-refractivity contribution < 1.29 is 0 Å². The van der Waals surface area contributed by atoms with E-state index in [9.17, 15) is 0 Å². The molecule has 1 atom stereocenters. The Morgan fingerprint density at radius 3 is 2.44 bits per heavy atom. The molecule has 1 N–H and O–H groups in total. The first-order valence-electron chi connectivity index (χ1n) is 7.03. The van der Waals surface area contributed by atoms with Gasteiger partial charge in [-0.15, -0.1) is 0 Å². The Bertz CT molecular complexity index is 297. The summed E-state index contributed by atoms with van der Waals surface area (Å²) in [7, 11) is 0. The first-order valence-corrected chi connectivity index (χ1v) is 8.19. The van der Waals surface area contributed by atoms with Gasteiger partial charge in [-0.3, -0.25) is 0 Å². The van der Waals surface area contributed by atoms with Gasteiger partial charge < -0.3 is 5.32 Å². The van der Waals surface area contributed by atoms with Crippen LogP contribution >= 0.6 is 11.8 Å². The largest absolute Gasteiger partial charge is 0.313 e. The van der Waals surface area contributed by atoms with Crippen LogP contribution in [-0.4, -0.2) is 18.3 Å². The van der Waals surface area contributed by atoms with Crippen LogP contribution in [0.3, 0.4) is 0 Å². The zero-order valence-corrected chi connectivity index (χ0v) is 12.8. The fourth-order valence-corrected chi connectivity index (χ4v) is 2.66. The molecule has 2 heteroatoms. The smallest absolute Gasteiger partial charge is 0.0185 e. The van der Waals surface area contributed by atoms with Crippen LogP contribution < -0.4 is 5.32 Å². The number of rotatable bonds is 9. The molecule has 0 aliphatic carbocycles. The standard InChI is InChI=1S/C16H27NS/c1-14(2)9-10-15(3)17-11-12-18-13-16-7-5-4-6-8-16/h4-8,14-15,17H,9-13H2,1-3H3. The lowest BCUT2D eigenvalue weighted by Gasteiger charge is -2.14. The highest BCUT2D eigenvalue weighted by atomic mass is 32.2. The average molecular weight is 265 g/mol. The Labute approximate surface area is 117 Å². The monoisotopic (exact) mass is 265 g/mol. The first-order chi connectivity index (χ1) is 8.68. The molecule has 1 unspecified atom stereocenters. The van der Waals surface area contributed by atoms with Gasteiger partial charge in [0.15, 0.2) is 0 Å². The molecule has 0 spiro atoms. The SMILES string of the molecule is CC(C)CCC(C)NCCSCc1ccccc1. The molecule has 0 fully saturated rings. The molecule has 1 nitrogen and oxygen atoms in total. The normalized spacial score (nSPS) is 12.9. The third-order valence-corrected chi connectivity index (χ3v) is 4.06. The van der Waals surface area contributed by atoms with Crippen molar-refractivity contribution in [2.75, 3.05) is 12.3 Å². The topological polar surface area (TPSA) is 12.0 Å². The van der Waals surface area contributed by atoms with Crippen molar-refractivity contribution in [2.45, 2.75) is 45.4 Å². The molecular weight excluding hydrogens is 238 g/mol. The van der Waals surface area contributed by atoms with E-state index in [1.54, 1.807) is 0 Å². The van der Waals surface area contributed by atoms with Crippen LogP contribution in [0.25, 0.3) is 0 Å². The summed E-state index contributed by atoms with van der Waals surface area (Å²) in [5.74, 6) is 3.14. The maximum absolute atomic E-state index is 3.60. The van der Waals surface area contributed by atoms with E-state index in [1.807, 2.05) is 11.8 Å². The van der Waals surface area contributed by atoms with E-state index in [4.69, 9.17) is 0 Å². The third kappa shape index (κ3) is 7.78. The predicted octanol–water partition coefficient (Wildman–Crippen LogP) is 4.33. The number of hydrogen-bond acceptors (Lipinski definition) is 2. The Morgan fingerprint density at radius 1 is 1.06 bits per heavy atom. The fourth-order valence-electron chi connectivity index (χ4n) is 1.83. The fraction of sp³-hybridized carbons (Fsp3) is 0.625. The van der Waals surface area contributed by atoms with E-state index in [0.717, 1.165) is 18.2 Å². The average Bonchev–Trinajstić information content (AvgIpc) is 2.37. The summed E-state index contributed by atoms with van der Waals surface area (Å²) in [4.78, 5) is 0. The van der Waals surface area contributed by atoms with Crippen molar-refractivity contribution in [1.29, 1.82) is 0 Å². The molecule has 0 bridgehead atoms. The second-order valence-corrected chi connectivity index (χ2v) is 6.47. The molecule has 18 heavy (non-hydrogen) atoms. The lowest BCUT2D eigenvalue weighted by molar-refractivity contribution is 0.460. The quantitative estimate of drug-likeness (QED) is 0.667. The van der Waals surface area contributed by atoms with Crippen LogP contribution in [0.1, 0.15) is 39.2 Å². The molecule has 1 rings (SSSR count). The van der Waals surface area contributed by atoms with Gasteiger partial charge in [0, 0.05) is 24.1 Å². The van der Waals surface area contributed by atoms with Crippen molar-refractivity contribution in [3.05, 3.63) is 35.9 Å². The second kappa shape index (κ2) is 9.46. The summed E-state index contributed by atoms with van der Waals surface area (Å²) in [6.07, 6.45) is 2.62. The minimum Gasteiger partial charge on any atom is -0.313 e. The highest BCUT2D eigenvalue weighted by Crippen LogP contribution is 2.11. The van der Waals surface area contributed by atoms with Crippen LogP contribution in [0.4, 0.5) is 0 Å². The molecule has 0 aliphatic heterocycles. The molecule has 0 radical (unpaired) electrons. The van der Waals surface area contributed by atoms with E-state index >= 15 is 0 Å². The Kier molecular flexibility index (Phi) is 8.19. The van der Waals surface area contributed by atoms with E-state index in [0.29, 0.717) is 6.04 Å². The first kappa shape index (κ1) is 15.6. The predicted molar refractivity (Wildman–Crippen MR) is 84.1 cm³/mol. The summed E-state index contributed by atoms with van der Waals surface area (Å²) in [6.45, 7) is 8.01. The summed E-state index contributed by atoms with van der Waals surface area (Å²) >= 11 is 2.01. The highest BCUT2D eigenvalue weighted by Gasteiger charge is 2.02. The molecule has 0 aliphatic rings. The number of hydrogen-bond donors (Lipinski definition) is 1. The summed E-state index contributed by atoms with van der Waals surface area (Å²) in [5.41, 5.74) is 1.43. The van der Waals surface area contributed by atoms with Crippen LogP contribution in [0.15, 0.2) is 30.3 Å². The van der Waals surface area contributed by atoms with E-state index in [2.05, 4.69) is 56.4 Å². The van der Waals surface area contributed by atoms with Crippen molar-refractivity contribution in [2.24, 2.45) is 5.92 Å². The summed E-state index contributed by atoms with van der Waals surface area (Å²) < 4.78 is 0. The van der Waals surface area contributed by atoms with Crippen molar-refractivity contribution >= 4 is 11.8 Å². The van der Waals surface area contributed by atoms with Crippen LogP contribution in [0.5, 0.6) is 0 Å². The minimum atomic E-state index is 0.657.